The van der Waals surface area contributed by atoms with Gasteiger partial charge in [-0.2, -0.15) is 18.3 Å². The van der Waals surface area contributed by atoms with Gasteiger partial charge in [-0.05, 0) is 29.8 Å². The molecule has 0 saturated heterocycles. The van der Waals surface area contributed by atoms with Crippen LogP contribution in [0.25, 0.3) is 22.4 Å². The van der Waals surface area contributed by atoms with E-state index < -0.39 is 27.5 Å². The van der Waals surface area contributed by atoms with Gasteiger partial charge in [-0.1, -0.05) is 24.3 Å². The monoisotopic (exact) mass is 398 g/mol. The first-order chi connectivity index (χ1) is 12.5. The van der Waals surface area contributed by atoms with Gasteiger partial charge in [-0.3, -0.25) is 4.68 Å². The fourth-order valence-electron chi connectivity index (χ4n) is 2.80. The van der Waals surface area contributed by atoms with E-state index >= 15 is 0 Å². The van der Waals surface area contributed by atoms with Crippen LogP contribution in [0.3, 0.4) is 0 Å². The van der Waals surface area contributed by atoms with Crippen LogP contribution < -0.4 is 0 Å². The van der Waals surface area contributed by atoms with Crippen molar-refractivity contribution in [3.63, 3.8) is 0 Å². The third-order valence-corrected chi connectivity index (χ3v) is 5.13. The topological polar surface area (TPSA) is 52.0 Å². The minimum atomic E-state index is -4.68. The molecule has 2 aromatic carbocycles. The summed E-state index contributed by atoms with van der Waals surface area (Å²) in [6.45, 7) is 0. The summed E-state index contributed by atoms with van der Waals surface area (Å²) in [5.41, 5.74) is -0.684. The highest BCUT2D eigenvalue weighted by Crippen LogP contribution is 2.42. The fourth-order valence-corrected chi connectivity index (χ4v) is 3.43. The van der Waals surface area contributed by atoms with Crippen LogP contribution in [0.5, 0.6) is 0 Å². The molecule has 0 N–H and O–H groups in total. The molecule has 0 amide bonds. The number of sulfone groups is 1. The summed E-state index contributed by atoms with van der Waals surface area (Å²) in [7, 11) is -2.27. The predicted molar refractivity (Wildman–Crippen MR) is 92.1 cm³/mol. The first-order valence-electron chi connectivity index (χ1n) is 7.69. The van der Waals surface area contributed by atoms with Crippen molar-refractivity contribution >= 4 is 9.84 Å². The summed E-state index contributed by atoms with van der Waals surface area (Å²) >= 11 is 0. The Morgan fingerprint density at radius 2 is 1.44 bits per heavy atom. The first-order valence-corrected chi connectivity index (χ1v) is 9.58. The number of benzene rings is 2. The van der Waals surface area contributed by atoms with Gasteiger partial charge in [0.2, 0.25) is 0 Å². The average Bonchev–Trinajstić information content (AvgIpc) is 2.92. The first kappa shape index (κ1) is 19.1. The zero-order valence-electron chi connectivity index (χ0n) is 14.2. The Balaban J connectivity index is 2.26. The molecule has 1 heterocycles. The number of aryl methyl sites for hydroxylation is 1. The normalized spacial score (nSPS) is 12.4. The molecule has 0 radical (unpaired) electrons. The van der Waals surface area contributed by atoms with Crippen molar-refractivity contribution in [1.82, 2.24) is 9.78 Å². The molecule has 0 aliphatic carbocycles. The maximum Gasteiger partial charge on any atom is 0.433 e. The quantitative estimate of drug-likeness (QED) is 0.618. The van der Waals surface area contributed by atoms with E-state index in [0.29, 0.717) is 5.56 Å². The summed E-state index contributed by atoms with van der Waals surface area (Å²) in [6, 6.07) is 10.0. The molecular weight excluding hydrogens is 384 g/mol. The van der Waals surface area contributed by atoms with Gasteiger partial charge in [0.25, 0.3) is 0 Å². The second-order valence-electron chi connectivity index (χ2n) is 6.00. The minimum Gasteiger partial charge on any atom is -0.262 e. The van der Waals surface area contributed by atoms with Gasteiger partial charge in [0.15, 0.2) is 15.5 Å². The van der Waals surface area contributed by atoms with Gasteiger partial charge in [-0.15, -0.1) is 0 Å². The number of hydrogen-bond acceptors (Lipinski definition) is 3. The van der Waals surface area contributed by atoms with E-state index in [4.69, 9.17) is 0 Å². The number of aromatic nitrogens is 2. The van der Waals surface area contributed by atoms with Crippen LogP contribution >= 0.6 is 0 Å². The van der Waals surface area contributed by atoms with Crippen molar-refractivity contribution in [2.75, 3.05) is 6.26 Å². The molecule has 0 atom stereocenters. The van der Waals surface area contributed by atoms with E-state index in [1.807, 2.05) is 0 Å². The van der Waals surface area contributed by atoms with Gasteiger partial charge < -0.3 is 0 Å². The van der Waals surface area contributed by atoms with Gasteiger partial charge in [0, 0.05) is 24.4 Å². The Labute approximate surface area is 153 Å². The van der Waals surface area contributed by atoms with Gasteiger partial charge in [-0.25, -0.2) is 12.8 Å². The standard InChI is InChI=1S/C18H14F4N2O2S/c1-24-17(18(20,21)22)15(11-3-7-13(19)8-4-11)16(23-24)12-5-9-14(10-6-12)27(2,25)26/h3-10H,1-2H3. The van der Waals surface area contributed by atoms with Crippen LogP contribution in [0.4, 0.5) is 17.6 Å². The third-order valence-electron chi connectivity index (χ3n) is 4.00. The maximum atomic E-state index is 13.6. The second-order valence-corrected chi connectivity index (χ2v) is 8.01. The molecule has 27 heavy (non-hydrogen) atoms. The predicted octanol–water partition coefficient (Wildman–Crippen LogP) is 4.32. The van der Waals surface area contributed by atoms with Crippen LogP contribution in [-0.2, 0) is 23.1 Å². The third kappa shape index (κ3) is 3.73. The second kappa shape index (κ2) is 6.49. The zero-order valence-corrected chi connectivity index (χ0v) is 15.1. The molecule has 3 aromatic rings. The summed E-state index contributed by atoms with van der Waals surface area (Å²) < 4.78 is 77.9. The minimum absolute atomic E-state index is 0.0245. The van der Waals surface area contributed by atoms with Crippen LogP contribution in [0.1, 0.15) is 5.69 Å². The average molecular weight is 398 g/mol. The van der Waals surface area contributed by atoms with Crippen molar-refractivity contribution in [1.29, 1.82) is 0 Å². The van der Waals surface area contributed by atoms with E-state index in [0.717, 1.165) is 23.1 Å². The maximum absolute atomic E-state index is 13.6. The zero-order chi connectivity index (χ0) is 20.0. The number of nitrogens with zero attached hydrogens (tertiary/aromatic N) is 2. The Hall–Kier alpha value is -2.68. The fraction of sp³-hybridized carbons (Fsp3) is 0.167. The molecule has 0 saturated carbocycles. The lowest BCUT2D eigenvalue weighted by Crippen LogP contribution is -2.13. The molecule has 142 valence electrons. The Morgan fingerprint density at radius 1 is 0.926 bits per heavy atom. The molecule has 0 spiro atoms. The van der Waals surface area contributed by atoms with Crippen molar-refractivity contribution < 1.29 is 26.0 Å². The van der Waals surface area contributed by atoms with Crippen molar-refractivity contribution in [3.8, 4) is 22.4 Å². The van der Waals surface area contributed by atoms with Gasteiger partial charge in [0.05, 0.1) is 4.90 Å². The van der Waals surface area contributed by atoms with Crippen LogP contribution in [0, 0.1) is 5.82 Å². The van der Waals surface area contributed by atoms with Crippen LogP contribution in [0.2, 0.25) is 0 Å². The van der Waals surface area contributed by atoms with Crippen molar-refractivity contribution in [2.45, 2.75) is 11.1 Å². The molecule has 0 aliphatic rings. The smallest absolute Gasteiger partial charge is 0.262 e. The van der Waals surface area contributed by atoms with Crippen molar-refractivity contribution in [2.24, 2.45) is 7.05 Å². The summed E-state index contributed by atoms with van der Waals surface area (Å²) in [4.78, 5) is 0.0431. The highest BCUT2D eigenvalue weighted by Gasteiger charge is 2.39. The lowest BCUT2D eigenvalue weighted by Gasteiger charge is -2.11. The molecule has 0 unspecified atom stereocenters. The number of halogens is 4. The lowest BCUT2D eigenvalue weighted by molar-refractivity contribution is -0.143. The molecular formula is C18H14F4N2O2S. The van der Waals surface area contributed by atoms with E-state index in [1.54, 1.807) is 0 Å². The Kier molecular flexibility index (Phi) is 4.59. The number of alkyl halides is 3. The summed E-state index contributed by atoms with van der Waals surface area (Å²) in [6.07, 6.45) is -3.65. The van der Waals surface area contributed by atoms with E-state index in [9.17, 15) is 26.0 Å². The van der Waals surface area contributed by atoms with Crippen molar-refractivity contribution in [3.05, 3.63) is 60.0 Å². The lowest BCUT2D eigenvalue weighted by atomic mass is 9.98. The molecule has 3 rings (SSSR count). The summed E-state index contributed by atoms with van der Waals surface area (Å²) in [5.74, 6) is -0.574. The largest absolute Gasteiger partial charge is 0.433 e. The molecule has 4 nitrogen and oxygen atoms in total. The van der Waals surface area contributed by atoms with Crippen LogP contribution in [0.15, 0.2) is 53.4 Å². The molecule has 0 aliphatic heterocycles. The number of rotatable bonds is 3. The van der Waals surface area contributed by atoms with E-state index in [-0.39, 0.29) is 21.7 Å². The molecule has 0 fully saturated rings. The van der Waals surface area contributed by atoms with Crippen LogP contribution in [-0.4, -0.2) is 24.5 Å². The highest BCUT2D eigenvalue weighted by atomic mass is 32.2. The SMILES string of the molecule is Cn1nc(-c2ccc(S(C)(=O)=O)cc2)c(-c2ccc(F)cc2)c1C(F)(F)F. The van der Waals surface area contributed by atoms with E-state index in [1.165, 1.54) is 43.4 Å². The van der Waals surface area contributed by atoms with E-state index in [2.05, 4.69) is 5.10 Å². The summed E-state index contributed by atoms with van der Waals surface area (Å²) in [5, 5.41) is 3.99. The van der Waals surface area contributed by atoms with Gasteiger partial charge >= 0.3 is 6.18 Å². The number of hydrogen-bond donors (Lipinski definition) is 0. The molecule has 0 bridgehead atoms. The molecule has 1 aromatic heterocycles. The highest BCUT2D eigenvalue weighted by molar-refractivity contribution is 7.90. The Bertz CT molecular complexity index is 1080. The van der Waals surface area contributed by atoms with Gasteiger partial charge in [0.1, 0.15) is 11.5 Å². The molecule has 9 heteroatoms. The Morgan fingerprint density at radius 3 is 1.93 bits per heavy atom.